The van der Waals surface area contributed by atoms with Crippen LogP contribution in [-0.2, 0) is 14.8 Å². The van der Waals surface area contributed by atoms with Crippen LogP contribution in [0.1, 0.15) is 12.8 Å². The number of carbonyl (C=O) groups is 1. The van der Waals surface area contributed by atoms with Crippen LogP contribution in [0.25, 0.3) is 0 Å². The number of nitrogens with one attached hydrogen (secondary N) is 1. The molecule has 2 rings (SSSR count). The molecule has 0 bridgehead atoms. The van der Waals surface area contributed by atoms with Gasteiger partial charge >= 0.3 is 6.18 Å². The number of rotatable bonds is 5. The summed E-state index contributed by atoms with van der Waals surface area (Å²) >= 11 is 0. The minimum absolute atomic E-state index is 0.0382. The number of halogens is 3. The van der Waals surface area contributed by atoms with Gasteiger partial charge in [0.25, 0.3) is 0 Å². The number of nitrogens with zero attached hydrogens (tertiary/aromatic N) is 1. The number of piperidine rings is 1. The van der Waals surface area contributed by atoms with E-state index in [1.807, 2.05) is 0 Å². The summed E-state index contributed by atoms with van der Waals surface area (Å²) in [5.74, 6) is -0.752. The predicted molar refractivity (Wildman–Crippen MR) is 85.8 cm³/mol. The first-order chi connectivity index (χ1) is 11.5. The van der Waals surface area contributed by atoms with Crippen LogP contribution < -0.4 is 10.1 Å². The second-order valence-electron chi connectivity index (χ2n) is 5.88. The number of hydrogen-bond acceptors (Lipinski definition) is 4. The van der Waals surface area contributed by atoms with Crippen molar-refractivity contribution in [3.05, 3.63) is 24.3 Å². The van der Waals surface area contributed by atoms with Crippen molar-refractivity contribution in [2.45, 2.75) is 19.0 Å². The quantitative estimate of drug-likeness (QED) is 0.850. The van der Waals surface area contributed by atoms with Crippen LogP contribution >= 0.6 is 0 Å². The van der Waals surface area contributed by atoms with Crippen LogP contribution in [0.2, 0.25) is 0 Å². The number of hydrogen-bond donors (Lipinski definition) is 1. The average Bonchev–Trinajstić information content (AvgIpc) is 2.53. The summed E-state index contributed by atoms with van der Waals surface area (Å²) in [5.41, 5.74) is 0.404. The molecule has 1 aromatic carbocycles. The SMILES string of the molecule is CS(=O)(=O)N1CCCC(C(=O)Nc2ccc(OCC(F)(F)F)cc2)C1. The zero-order valence-electron chi connectivity index (χ0n) is 13.5. The minimum Gasteiger partial charge on any atom is -0.484 e. The summed E-state index contributed by atoms with van der Waals surface area (Å²) in [7, 11) is -3.34. The number of anilines is 1. The molecule has 1 unspecified atom stereocenters. The smallest absolute Gasteiger partial charge is 0.422 e. The molecule has 1 aliphatic rings. The van der Waals surface area contributed by atoms with Gasteiger partial charge in [0.15, 0.2) is 6.61 Å². The van der Waals surface area contributed by atoms with E-state index in [1.165, 1.54) is 28.6 Å². The van der Waals surface area contributed by atoms with Crippen molar-refractivity contribution in [2.24, 2.45) is 5.92 Å². The van der Waals surface area contributed by atoms with Crippen LogP contribution in [0.4, 0.5) is 18.9 Å². The third-order valence-corrected chi connectivity index (χ3v) is 5.02. The monoisotopic (exact) mass is 380 g/mol. The van der Waals surface area contributed by atoms with Crippen LogP contribution in [0.15, 0.2) is 24.3 Å². The summed E-state index contributed by atoms with van der Waals surface area (Å²) in [6, 6.07) is 5.51. The number of ether oxygens (including phenoxy) is 1. The van der Waals surface area contributed by atoms with E-state index in [-0.39, 0.29) is 18.2 Å². The van der Waals surface area contributed by atoms with Crippen LogP contribution in [0, 0.1) is 5.92 Å². The Kier molecular flexibility index (Phi) is 5.94. The third kappa shape index (κ3) is 6.20. The van der Waals surface area contributed by atoms with Gasteiger partial charge in [0.2, 0.25) is 15.9 Å². The van der Waals surface area contributed by atoms with E-state index in [1.54, 1.807) is 0 Å². The lowest BCUT2D eigenvalue weighted by Gasteiger charge is -2.30. The molecule has 1 heterocycles. The molecule has 0 aromatic heterocycles. The average molecular weight is 380 g/mol. The van der Waals surface area contributed by atoms with Crippen LogP contribution in [0.5, 0.6) is 5.75 Å². The Morgan fingerprint density at radius 1 is 1.32 bits per heavy atom. The fraction of sp³-hybridized carbons (Fsp3) is 0.533. The molecule has 0 aliphatic carbocycles. The van der Waals surface area contributed by atoms with Crippen LogP contribution in [-0.4, -0.2) is 50.8 Å². The van der Waals surface area contributed by atoms with Gasteiger partial charge in [-0.15, -0.1) is 0 Å². The Hall–Kier alpha value is -1.81. The van der Waals surface area contributed by atoms with Crippen molar-refractivity contribution in [3.8, 4) is 5.75 Å². The van der Waals surface area contributed by atoms with Crippen LogP contribution in [0.3, 0.4) is 0 Å². The maximum absolute atomic E-state index is 12.3. The van der Waals surface area contributed by atoms with E-state index < -0.39 is 28.7 Å². The number of alkyl halides is 3. The van der Waals surface area contributed by atoms with Gasteiger partial charge in [0.1, 0.15) is 5.75 Å². The Balaban J connectivity index is 1.92. The molecule has 1 aliphatic heterocycles. The van der Waals surface area contributed by atoms with Gasteiger partial charge in [-0.1, -0.05) is 0 Å². The first kappa shape index (κ1) is 19.5. The zero-order valence-corrected chi connectivity index (χ0v) is 14.4. The molecule has 1 fully saturated rings. The predicted octanol–water partition coefficient (Wildman–Crippen LogP) is 2.24. The normalized spacial score (nSPS) is 19.4. The van der Waals surface area contributed by atoms with Gasteiger partial charge in [0, 0.05) is 18.8 Å². The van der Waals surface area contributed by atoms with E-state index in [2.05, 4.69) is 10.1 Å². The Morgan fingerprint density at radius 3 is 2.52 bits per heavy atom. The largest absolute Gasteiger partial charge is 0.484 e. The standard InChI is InChI=1S/C15H19F3N2O4S/c1-25(22,23)20-8-2-3-11(9-20)14(21)19-12-4-6-13(7-5-12)24-10-15(16,17)18/h4-7,11H,2-3,8-10H2,1H3,(H,19,21). The van der Waals surface area contributed by atoms with E-state index >= 15 is 0 Å². The summed E-state index contributed by atoms with van der Waals surface area (Å²) in [4.78, 5) is 12.3. The molecule has 1 N–H and O–H groups in total. The molecule has 25 heavy (non-hydrogen) atoms. The molecular weight excluding hydrogens is 361 g/mol. The van der Waals surface area contributed by atoms with Gasteiger partial charge in [-0.25, -0.2) is 12.7 Å². The van der Waals surface area contributed by atoms with Crippen molar-refractivity contribution in [3.63, 3.8) is 0 Å². The second-order valence-corrected chi connectivity index (χ2v) is 7.86. The van der Waals surface area contributed by atoms with Gasteiger partial charge in [0.05, 0.1) is 12.2 Å². The highest BCUT2D eigenvalue weighted by Gasteiger charge is 2.30. The highest BCUT2D eigenvalue weighted by Crippen LogP contribution is 2.23. The summed E-state index contributed by atoms with van der Waals surface area (Å²) in [6.45, 7) is -0.868. The molecule has 1 aromatic rings. The molecule has 6 nitrogen and oxygen atoms in total. The van der Waals surface area contributed by atoms with Crippen molar-refractivity contribution < 1.29 is 31.1 Å². The summed E-state index contributed by atoms with van der Waals surface area (Å²) < 4.78 is 65.3. The van der Waals surface area contributed by atoms with E-state index in [0.717, 1.165) is 6.26 Å². The summed E-state index contributed by atoms with van der Waals surface area (Å²) in [6.07, 6.45) is -2.15. The molecule has 0 spiro atoms. The number of carbonyl (C=O) groups excluding carboxylic acids is 1. The van der Waals surface area contributed by atoms with Gasteiger partial charge < -0.3 is 10.1 Å². The Labute approximate surface area is 144 Å². The maximum Gasteiger partial charge on any atom is 0.422 e. The van der Waals surface area contributed by atoms with Gasteiger partial charge in [-0.05, 0) is 37.1 Å². The number of sulfonamides is 1. The fourth-order valence-corrected chi connectivity index (χ4v) is 3.41. The first-order valence-corrected chi connectivity index (χ1v) is 9.45. The van der Waals surface area contributed by atoms with Crippen molar-refractivity contribution >= 4 is 21.6 Å². The molecular formula is C15H19F3N2O4S. The molecule has 0 saturated carbocycles. The zero-order chi connectivity index (χ0) is 18.7. The topological polar surface area (TPSA) is 75.7 Å². The lowest BCUT2D eigenvalue weighted by Crippen LogP contribution is -2.43. The molecule has 10 heteroatoms. The van der Waals surface area contributed by atoms with Crippen molar-refractivity contribution in [2.75, 3.05) is 31.3 Å². The number of amides is 1. The lowest BCUT2D eigenvalue weighted by molar-refractivity contribution is -0.153. The Morgan fingerprint density at radius 2 is 1.96 bits per heavy atom. The molecule has 1 atom stereocenters. The lowest BCUT2D eigenvalue weighted by atomic mass is 9.99. The van der Waals surface area contributed by atoms with Crippen molar-refractivity contribution in [1.29, 1.82) is 0 Å². The Bertz CT molecular complexity index is 704. The third-order valence-electron chi connectivity index (χ3n) is 3.75. The number of benzene rings is 1. The van der Waals surface area contributed by atoms with E-state index in [4.69, 9.17) is 0 Å². The highest BCUT2D eigenvalue weighted by atomic mass is 32.2. The van der Waals surface area contributed by atoms with E-state index in [0.29, 0.717) is 25.1 Å². The fourth-order valence-electron chi connectivity index (χ4n) is 2.50. The minimum atomic E-state index is -4.42. The molecule has 1 amide bonds. The maximum atomic E-state index is 12.3. The van der Waals surface area contributed by atoms with E-state index in [9.17, 15) is 26.4 Å². The van der Waals surface area contributed by atoms with Gasteiger partial charge in [-0.3, -0.25) is 4.79 Å². The van der Waals surface area contributed by atoms with Crippen molar-refractivity contribution in [1.82, 2.24) is 4.31 Å². The second kappa shape index (κ2) is 7.61. The molecule has 1 saturated heterocycles. The first-order valence-electron chi connectivity index (χ1n) is 7.60. The molecule has 140 valence electrons. The summed E-state index contributed by atoms with van der Waals surface area (Å²) in [5, 5.41) is 2.64. The highest BCUT2D eigenvalue weighted by molar-refractivity contribution is 7.88. The van der Waals surface area contributed by atoms with Gasteiger partial charge in [-0.2, -0.15) is 13.2 Å². The molecule has 0 radical (unpaired) electrons.